The number of primary amides is 1. The van der Waals surface area contributed by atoms with E-state index < -0.39 is 11.9 Å². The smallest absolute Gasteiger partial charge is 0.321 e. The van der Waals surface area contributed by atoms with Crippen LogP contribution in [-0.4, -0.2) is 65.9 Å². The van der Waals surface area contributed by atoms with Gasteiger partial charge in [-0.1, -0.05) is 0 Å². The number of carbonyl (C=O) groups excluding carboxylic acids is 3. The number of hydrogen-bond donors (Lipinski definition) is 1. The predicted octanol–water partition coefficient (Wildman–Crippen LogP) is -0.450. The molecule has 2 rings (SSSR count). The molecule has 1 radical (unpaired) electrons. The van der Waals surface area contributed by atoms with Crippen LogP contribution in [-0.2, 0) is 14.3 Å². The molecule has 0 spiro atoms. The molecular formula is C13H20N3O4. The van der Waals surface area contributed by atoms with Gasteiger partial charge in [0.15, 0.2) is 11.8 Å². The number of likely N-dealkylation sites (tertiary alicyclic amines) is 1. The number of ketones is 1. The van der Waals surface area contributed by atoms with Crippen LogP contribution in [0, 0.1) is 6.42 Å². The van der Waals surface area contributed by atoms with Crippen molar-refractivity contribution in [2.24, 2.45) is 5.73 Å². The van der Waals surface area contributed by atoms with E-state index in [4.69, 9.17) is 10.5 Å². The molecule has 0 bridgehead atoms. The number of nitrogens with zero attached hydrogens (tertiary/aromatic N) is 2. The summed E-state index contributed by atoms with van der Waals surface area (Å²) in [6.45, 7) is 3.70. The van der Waals surface area contributed by atoms with E-state index in [0.717, 1.165) is 0 Å². The van der Waals surface area contributed by atoms with E-state index in [-0.39, 0.29) is 17.9 Å². The van der Waals surface area contributed by atoms with Gasteiger partial charge in [-0.05, 0) is 19.8 Å². The number of amides is 3. The van der Waals surface area contributed by atoms with Gasteiger partial charge < -0.3 is 20.3 Å². The van der Waals surface area contributed by atoms with Gasteiger partial charge in [-0.3, -0.25) is 9.59 Å². The van der Waals surface area contributed by atoms with Crippen LogP contribution in [0.4, 0.5) is 4.79 Å². The van der Waals surface area contributed by atoms with Gasteiger partial charge in [0, 0.05) is 25.6 Å². The zero-order chi connectivity index (χ0) is 14.7. The maximum atomic E-state index is 12.6. The lowest BCUT2D eigenvalue weighted by Crippen LogP contribution is -2.59. The van der Waals surface area contributed by atoms with Gasteiger partial charge in [-0.25, -0.2) is 4.79 Å². The van der Waals surface area contributed by atoms with Crippen LogP contribution in [0.2, 0.25) is 0 Å². The molecule has 2 N–H and O–H groups in total. The van der Waals surface area contributed by atoms with Crippen LogP contribution in [0.1, 0.15) is 19.8 Å². The topological polar surface area (TPSA) is 92.9 Å². The molecule has 2 fully saturated rings. The summed E-state index contributed by atoms with van der Waals surface area (Å²) in [5.41, 5.74) is 5.33. The molecule has 2 aliphatic heterocycles. The molecule has 111 valence electrons. The number of ether oxygens (including phenoxy) is 1. The molecule has 0 saturated carbocycles. The van der Waals surface area contributed by atoms with E-state index in [1.807, 2.05) is 6.92 Å². The molecule has 0 aromatic rings. The second kappa shape index (κ2) is 6.21. The Hall–Kier alpha value is -1.63. The first-order chi connectivity index (χ1) is 9.52. The Morgan fingerprint density at radius 1 is 1.35 bits per heavy atom. The average Bonchev–Trinajstić information content (AvgIpc) is 2.58. The van der Waals surface area contributed by atoms with Crippen LogP contribution in [0.3, 0.4) is 0 Å². The molecule has 0 aromatic carbocycles. The first-order valence-corrected chi connectivity index (χ1v) is 6.83. The summed E-state index contributed by atoms with van der Waals surface area (Å²) in [6.07, 6.45) is 2.65. The molecule has 20 heavy (non-hydrogen) atoms. The Balaban J connectivity index is 2.24. The van der Waals surface area contributed by atoms with Gasteiger partial charge in [0.25, 0.3) is 0 Å². The summed E-state index contributed by atoms with van der Waals surface area (Å²) in [5, 5.41) is 0. The van der Waals surface area contributed by atoms with Crippen molar-refractivity contribution in [3.63, 3.8) is 0 Å². The number of nitrogens with two attached hydrogens (primary N) is 1. The van der Waals surface area contributed by atoms with Crippen molar-refractivity contribution in [1.82, 2.24) is 9.80 Å². The van der Waals surface area contributed by atoms with E-state index in [1.165, 1.54) is 11.3 Å². The minimum absolute atomic E-state index is 0.203. The maximum Gasteiger partial charge on any atom is 0.321 e. The summed E-state index contributed by atoms with van der Waals surface area (Å²) >= 11 is 0. The first-order valence-electron chi connectivity index (χ1n) is 6.83. The lowest BCUT2D eigenvalue weighted by atomic mass is 10.1. The third-order valence-electron chi connectivity index (χ3n) is 3.72. The van der Waals surface area contributed by atoms with Gasteiger partial charge in [0.2, 0.25) is 5.91 Å². The number of Topliss-reactive ketones (excluding diaryl/α,β-unsaturated/α-hetero) is 1. The van der Waals surface area contributed by atoms with E-state index in [2.05, 4.69) is 0 Å². The summed E-state index contributed by atoms with van der Waals surface area (Å²) in [7, 11) is 0. The Morgan fingerprint density at radius 3 is 2.60 bits per heavy atom. The predicted molar refractivity (Wildman–Crippen MR) is 70.6 cm³/mol. The molecule has 1 unspecified atom stereocenters. The Bertz CT molecular complexity index is 406. The fourth-order valence-electron chi connectivity index (χ4n) is 2.60. The lowest BCUT2D eigenvalue weighted by Gasteiger charge is -2.37. The fourth-order valence-corrected chi connectivity index (χ4v) is 2.60. The van der Waals surface area contributed by atoms with Crippen LogP contribution in [0.5, 0.6) is 0 Å². The quantitative estimate of drug-likeness (QED) is 0.659. The summed E-state index contributed by atoms with van der Waals surface area (Å²) in [4.78, 5) is 39.1. The van der Waals surface area contributed by atoms with Crippen molar-refractivity contribution in [3.05, 3.63) is 6.42 Å². The van der Waals surface area contributed by atoms with Crippen molar-refractivity contribution >= 4 is 17.7 Å². The fraction of sp³-hybridized carbons (Fsp3) is 0.692. The number of morpholine rings is 1. The van der Waals surface area contributed by atoms with Crippen molar-refractivity contribution in [3.8, 4) is 0 Å². The number of carbonyl (C=O) groups is 3. The van der Waals surface area contributed by atoms with E-state index >= 15 is 0 Å². The third kappa shape index (κ3) is 2.92. The Kier molecular flexibility index (Phi) is 4.59. The second-order valence-electron chi connectivity index (χ2n) is 5.13. The van der Waals surface area contributed by atoms with Gasteiger partial charge >= 0.3 is 6.03 Å². The minimum atomic E-state index is -1.19. The zero-order valence-electron chi connectivity index (χ0n) is 11.6. The molecule has 7 nitrogen and oxygen atoms in total. The molecule has 2 atom stereocenters. The molecule has 0 aromatic heterocycles. The average molecular weight is 282 g/mol. The highest BCUT2D eigenvalue weighted by Gasteiger charge is 2.41. The van der Waals surface area contributed by atoms with Crippen LogP contribution in [0.25, 0.3) is 0 Å². The highest BCUT2D eigenvalue weighted by molar-refractivity contribution is 6.10. The first kappa shape index (κ1) is 14.8. The summed E-state index contributed by atoms with van der Waals surface area (Å²) in [5.74, 6) is -1.16. The van der Waals surface area contributed by atoms with Crippen molar-refractivity contribution in [2.75, 3.05) is 26.3 Å². The van der Waals surface area contributed by atoms with E-state index in [0.29, 0.717) is 39.1 Å². The number of hydrogen-bond acceptors (Lipinski definition) is 4. The minimum Gasteiger partial charge on any atom is -0.378 e. The van der Waals surface area contributed by atoms with Crippen molar-refractivity contribution < 1.29 is 19.1 Å². The van der Waals surface area contributed by atoms with E-state index in [9.17, 15) is 14.4 Å². The van der Waals surface area contributed by atoms with E-state index in [1.54, 1.807) is 4.90 Å². The molecule has 2 saturated heterocycles. The second-order valence-corrected chi connectivity index (χ2v) is 5.13. The molecule has 3 amide bonds. The third-order valence-corrected chi connectivity index (χ3v) is 3.72. The number of rotatable bonds is 1. The highest BCUT2D eigenvalue weighted by atomic mass is 16.5. The van der Waals surface area contributed by atoms with Crippen molar-refractivity contribution in [1.29, 1.82) is 0 Å². The largest absolute Gasteiger partial charge is 0.378 e. The highest BCUT2D eigenvalue weighted by Crippen LogP contribution is 2.21. The molecule has 2 aliphatic rings. The normalized spacial score (nSPS) is 28.1. The SMILES string of the molecule is C[C@@H]1CC[CH]C(=O)C(C(N)=O)N1C(=O)N1CCOCC1. The van der Waals surface area contributed by atoms with Crippen LogP contribution >= 0.6 is 0 Å². The Labute approximate surface area is 118 Å². The summed E-state index contributed by atoms with van der Waals surface area (Å²) in [6, 6.07) is -1.71. The van der Waals surface area contributed by atoms with Gasteiger partial charge in [0.05, 0.1) is 13.2 Å². The lowest BCUT2D eigenvalue weighted by molar-refractivity contribution is -0.131. The standard InChI is InChI=1S/C13H20N3O4/c1-9-3-2-4-10(17)11(12(14)18)16(9)13(19)15-5-7-20-8-6-15/h4,9,11H,2-3,5-8H2,1H3,(H2,14,18)/t9-,11?/m1/s1. The van der Waals surface area contributed by atoms with Crippen molar-refractivity contribution in [2.45, 2.75) is 31.8 Å². The van der Waals surface area contributed by atoms with Gasteiger partial charge in [-0.2, -0.15) is 0 Å². The monoisotopic (exact) mass is 282 g/mol. The molecule has 2 heterocycles. The Morgan fingerprint density at radius 2 is 2.00 bits per heavy atom. The zero-order valence-corrected chi connectivity index (χ0v) is 11.6. The van der Waals surface area contributed by atoms with Gasteiger partial charge in [-0.15, -0.1) is 0 Å². The molecular weight excluding hydrogens is 262 g/mol. The number of urea groups is 1. The van der Waals surface area contributed by atoms with Crippen LogP contribution in [0.15, 0.2) is 0 Å². The molecule has 7 heteroatoms. The maximum absolute atomic E-state index is 12.6. The van der Waals surface area contributed by atoms with Crippen LogP contribution < -0.4 is 5.73 Å². The summed E-state index contributed by atoms with van der Waals surface area (Å²) < 4.78 is 5.21. The van der Waals surface area contributed by atoms with Gasteiger partial charge in [0.1, 0.15) is 0 Å². The molecule has 0 aliphatic carbocycles.